The largest absolute Gasteiger partial charge is 0.431 e. The second-order valence-corrected chi connectivity index (χ2v) is 6.76. The highest BCUT2D eigenvalue weighted by molar-refractivity contribution is 8.00. The molecule has 3 rings (SSSR count). The van der Waals surface area contributed by atoms with Crippen LogP contribution in [-0.2, 0) is 4.79 Å². The van der Waals surface area contributed by atoms with Gasteiger partial charge in [-0.1, -0.05) is 30.8 Å². The van der Waals surface area contributed by atoms with E-state index in [2.05, 4.69) is 15.3 Å². The van der Waals surface area contributed by atoms with Crippen molar-refractivity contribution in [1.29, 1.82) is 0 Å². The van der Waals surface area contributed by atoms with Gasteiger partial charge in [-0.2, -0.15) is 0 Å². The number of fused-ring (bicyclic) bond motifs is 1. The maximum Gasteiger partial charge on any atom is 0.257 e. The Morgan fingerprint density at radius 3 is 2.91 bits per heavy atom. The zero-order valence-corrected chi connectivity index (χ0v) is 13.8. The number of amides is 1. The first-order chi connectivity index (χ1) is 10.7. The Labute approximate surface area is 136 Å². The van der Waals surface area contributed by atoms with Crippen LogP contribution in [0.1, 0.15) is 19.0 Å². The number of anilines is 1. The van der Waals surface area contributed by atoms with Crippen LogP contribution >= 0.6 is 23.1 Å². The molecular weight excluding hydrogens is 318 g/mol. The Kier molecular flexibility index (Phi) is 4.44. The smallest absolute Gasteiger partial charge is 0.257 e. The lowest BCUT2D eigenvalue weighted by atomic mass is 10.3. The summed E-state index contributed by atoms with van der Waals surface area (Å²) >= 11 is 2.76. The van der Waals surface area contributed by atoms with Gasteiger partial charge in [0.15, 0.2) is 10.7 Å². The van der Waals surface area contributed by atoms with Crippen LogP contribution in [0.25, 0.3) is 11.1 Å². The number of hydrogen-bond acceptors (Lipinski definition) is 6. The number of aromatic nitrogens is 2. The van der Waals surface area contributed by atoms with Gasteiger partial charge in [-0.3, -0.25) is 4.79 Å². The van der Waals surface area contributed by atoms with Gasteiger partial charge in [-0.05, 0) is 25.5 Å². The van der Waals surface area contributed by atoms with Crippen molar-refractivity contribution in [2.24, 2.45) is 0 Å². The molecule has 0 radical (unpaired) electrons. The SMILES string of the molecule is CCC(Sc1nc2ccccc2o1)C(=O)Nc1nc(C)cs1. The Bertz CT molecular complexity index is 764. The Hall–Kier alpha value is -1.86. The monoisotopic (exact) mass is 333 g/mol. The lowest BCUT2D eigenvalue weighted by Gasteiger charge is -2.10. The normalized spacial score (nSPS) is 12.5. The minimum Gasteiger partial charge on any atom is -0.431 e. The summed E-state index contributed by atoms with van der Waals surface area (Å²) < 4.78 is 5.66. The molecule has 114 valence electrons. The Balaban J connectivity index is 1.71. The fraction of sp³-hybridized carbons (Fsp3) is 0.267. The fourth-order valence-electron chi connectivity index (χ4n) is 1.94. The van der Waals surface area contributed by atoms with Crippen LogP contribution in [0, 0.1) is 6.92 Å². The number of nitrogens with zero attached hydrogens (tertiary/aromatic N) is 2. The summed E-state index contributed by atoms with van der Waals surface area (Å²) in [5.74, 6) is -0.0795. The summed E-state index contributed by atoms with van der Waals surface area (Å²) in [4.78, 5) is 21.0. The molecule has 2 heterocycles. The average molecular weight is 333 g/mol. The predicted molar refractivity (Wildman–Crippen MR) is 89.4 cm³/mol. The fourth-order valence-corrected chi connectivity index (χ4v) is 3.50. The number of thioether (sulfide) groups is 1. The molecule has 0 aliphatic rings. The number of nitrogens with one attached hydrogen (secondary N) is 1. The molecule has 0 spiro atoms. The number of carbonyl (C=O) groups excluding carboxylic acids is 1. The van der Waals surface area contributed by atoms with Gasteiger partial charge in [0.05, 0.1) is 10.9 Å². The number of benzene rings is 1. The standard InChI is InChI=1S/C15H15N3O2S2/c1-3-12(13(19)18-14-16-9(2)8-21-14)22-15-17-10-6-4-5-7-11(10)20-15/h4-8,12H,3H2,1-2H3,(H,16,18,19). The summed E-state index contributed by atoms with van der Waals surface area (Å²) in [5, 5.41) is 5.62. The number of aryl methyl sites for hydroxylation is 1. The lowest BCUT2D eigenvalue weighted by molar-refractivity contribution is -0.115. The zero-order chi connectivity index (χ0) is 15.5. The third kappa shape index (κ3) is 3.31. The molecule has 0 saturated heterocycles. The summed E-state index contributed by atoms with van der Waals surface area (Å²) in [6.45, 7) is 3.86. The van der Waals surface area contributed by atoms with Gasteiger partial charge in [-0.15, -0.1) is 11.3 Å². The van der Waals surface area contributed by atoms with E-state index >= 15 is 0 Å². The van der Waals surface area contributed by atoms with Gasteiger partial charge >= 0.3 is 0 Å². The van der Waals surface area contributed by atoms with Gasteiger partial charge in [0, 0.05) is 5.38 Å². The number of thiazole rings is 1. The second kappa shape index (κ2) is 6.50. The van der Waals surface area contributed by atoms with E-state index in [0.717, 1.165) is 16.8 Å². The first-order valence-electron chi connectivity index (χ1n) is 6.91. The average Bonchev–Trinajstić information content (AvgIpc) is 3.10. The number of hydrogen-bond donors (Lipinski definition) is 1. The van der Waals surface area contributed by atoms with E-state index in [1.807, 2.05) is 43.5 Å². The number of para-hydroxylation sites is 2. The molecule has 2 aromatic heterocycles. The molecule has 1 unspecified atom stereocenters. The van der Waals surface area contributed by atoms with Crippen LogP contribution in [-0.4, -0.2) is 21.1 Å². The molecule has 0 aliphatic heterocycles. The Morgan fingerprint density at radius 2 is 2.23 bits per heavy atom. The summed E-state index contributed by atoms with van der Waals surface area (Å²) in [6, 6.07) is 7.57. The van der Waals surface area contributed by atoms with Crippen LogP contribution in [0.15, 0.2) is 39.3 Å². The Morgan fingerprint density at radius 1 is 1.41 bits per heavy atom. The molecule has 0 bridgehead atoms. The van der Waals surface area contributed by atoms with Crippen molar-refractivity contribution in [2.75, 3.05) is 5.32 Å². The van der Waals surface area contributed by atoms with E-state index in [0.29, 0.717) is 16.8 Å². The highest BCUT2D eigenvalue weighted by atomic mass is 32.2. The maximum absolute atomic E-state index is 12.3. The first-order valence-corrected chi connectivity index (χ1v) is 8.67. The highest BCUT2D eigenvalue weighted by Gasteiger charge is 2.21. The molecule has 22 heavy (non-hydrogen) atoms. The molecule has 7 heteroatoms. The van der Waals surface area contributed by atoms with E-state index in [4.69, 9.17) is 4.42 Å². The minimum atomic E-state index is -0.266. The van der Waals surface area contributed by atoms with E-state index < -0.39 is 0 Å². The van der Waals surface area contributed by atoms with Crippen LogP contribution in [0.5, 0.6) is 0 Å². The van der Waals surface area contributed by atoms with Crippen LogP contribution < -0.4 is 5.32 Å². The first kappa shape index (κ1) is 15.1. The van der Waals surface area contributed by atoms with Crippen molar-refractivity contribution < 1.29 is 9.21 Å². The van der Waals surface area contributed by atoms with Gasteiger partial charge < -0.3 is 9.73 Å². The highest BCUT2D eigenvalue weighted by Crippen LogP contribution is 2.29. The lowest BCUT2D eigenvalue weighted by Crippen LogP contribution is -2.24. The molecule has 0 saturated carbocycles. The number of rotatable bonds is 5. The van der Waals surface area contributed by atoms with Crippen molar-refractivity contribution in [1.82, 2.24) is 9.97 Å². The molecule has 1 N–H and O–H groups in total. The molecule has 1 aromatic carbocycles. The molecular formula is C15H15N3O2S2. The third-order valence-electron chi connectivity index (χ3n) is 3.03. The summed E-state index contributed by atoms with van der Waals surface area (Å²) in [5.41, 5.74) is 2.44. The van der Waals surface area contributed by atoms with E-state index in [9.17, 15) is 4.79 Å². The molecule has 3 aromatic rings. The summed E-state index contributed by atoms with van der Waals surface area (Å²) in [6.07, 6.45) is 0.680. The van der Waals surface area contributed by atoms with Gasteiger partial charge in [-0.25, -0.2) is 9.97 Å². The topological polar surface area (TPSA) is 68.0 Å². The van der Waals surface area contributed by atoms with Crippen molar-refractivity contribution in [3.63, 3.8) is 0 Å². The van der Waals surface area contributed by atoms with Crippen molar-refractivity contribution >= 4 is 45.2 Å². The van der Waals surface area contributed by atoms with Crippen molar-refractivity contribution in [3.05, 3.63) is 35.3 Å². The van der Waals surface area contributed by atoms with Gasteiger partial charge in [0.2, 0.25) is 5.91 Å². The summed E-state index contributed by atoms with van der Waals surface area (Å²) in [7, 11) is 0. The van der Waals surface area contributed by atoms with Crippen molar-refractivity contribution in [2.45, 2.75) is 30.7 Å². The van der Waals surface area contributed by atoms with E-state index in [-0.39, 0.29) is 11.2 Å². The second-order valence-electron chi connectivity index (χ2n) is 4.75. The van der Waals surface area contributed by atoms with Crippen LogP contribution in [0.3, 0.4) is 0 Å². The number of carbonyl (C=O) groups is 1. The van der Waals surface area contributed by atoms with Gasteiger partial charge in [0.1, 0.15) is 5.52 Å². The van der Waals surface area contributed by atoms with E-state index in [1.54, 1.807) is 0 Å². The molecule has 1 atom stereocenters. The molecule has 1 amide bonds. The molecule has 5 nitrogen and oxygen atoms in total. The van der Waals surface area contributed by atoms with Crippen molar-refractivity contribution in [3.8, 4) is 0 Å². The molecule has 0 fully saturated rings. The van der Waals surface area contributed by atoms with Crippen LogP contribution in [0.2, 0.25) is 0 Å². The number of oxazole rings is 1. The minimum absolute atomic E-state index is 0.0795. The zero-order valence-electron chi connectivity index (χ0n) is 12.2. The predicted octanol–water partition coefficient (Wildman–Crippen LogP) is 4.10. The van der Waals surface area contributed by atoms with E-state index in [1.165, 1.54) is 23.1 Å². The molecule has 0 aliphatic carbocycles. The maximum atomic E-state index is 12.3. The third-order valence-corrected chi connectivity index (χ3v) is 5.11. The van der Waals surface area contributed by atoms with Gasteiger partial charge in [0.25, 0.3) is 5.22 Å². The quantitative estimate of drug-likeness (QED) is 0.712. The van der Waals surface area contributed by atoms with Crippen LogP contribution in [0.4, 0.5) is 5.13 Å².